The van der Waals surface area contributed by atoms with Crippen molar-refractivity contribution >= 4 is 11.9 Å². The number of hydrogen-bond acceptors (Lipinski definition) is 3. The summed E-state index contributed by atoms with van der Waals surface area (Å²) < 4.78 is 5.89. The van der Waals surface area contributed by atoms with Gasteiger partial charge in [0, 0.05) is 12.3 Å². The van der Waals surface area contributed by atoms with Crippen LogP contribution in [-0.4, -0.2) is 23.1 Å². The van der Waals surface area contributed by atoms with Crippen molar-refractivity contribution in [3.8, 4) is 0 Å². The Morgan fingerprint density at radius 1 is 0.757 bits per heavy atom. The van der Waals surface area contributed by atoms with Crippen LogP contribution in [-0.2, 0) is 14.3 Å². The number of rotatable bonds is 3. The summed E-state index contributed by atoms with van der Waals surface area (Å²) in [5.41, 5.74) is 0.806. The van der Waals surface area contributed by atoms with Crippen LogP contribution in [0.2, 0.25) is 0 Å². The third-order valence-electron chi connectivity index (χ3n) is 14.5. The van der Waals surface area contributed by atoms with Crippen molar-refractivity contribution in [2.24, 2.45) is 56.2 Å². The zero-order chi connectivity index (χ0) is 27.4. The average molecular weight is 513 g/mol. The summed E-state index contributed by atoms with van der Waals surface area (Å²) in [5.74, 6) is 1.12. The van der Waals surface area contributed by atoms with Gasteiger partial charge in [-0.2, -0.15) is 0 Å². The van der Waals surface area contributed by atoms with Gasteiger partial charge in [0.25, 0.3) is 0 Å². The second kappa shape index (κ2) is 8.10. The molecule has 0 aliphatic heterocycles. The fourth-order valence-electron chi connectivity index (χ4n) is 12.7. The molecule has 5 saturated carbocycles. The summed E-state index contributed by atoms with van der Waals surface area (Å²) in [6, 6.07) is 0. The fraction of sp³-hybridized carbons (Fsp3) is 0.879. The number of ether oxygens (including phenoxy) is 1. The van der Waals surface area contributed by atoms with Crippen LogP contribution in [0.15, 0.2) is 12.2 Å². The molecule has 4 heteroatoms. The highest BCUT2D eigenvalue weighted by molar-refractivity contribution is 5.77. The van der Waals surface area contributed by atoms with Gasteiger partial charge >= 0.3 is 11.9 Å². The molecule has 0 aromatic heterocycles. The Morgan fingerprint density at radius 3 is 1.97 bits per heavy atom. The molecule has 10 atom stereocenters. The lowest BCUT2D eigenvalue weighted by Crippen LogP contribution is -2.69. The quantitative estimate of drug-likeness (QED) is 0.307. The highest BCUT2D eigenvalue weighted by Crippen LogP contribution is 2.80. The molecule has 4 nitrogen and oxygen atoms in total. The molecule has 5 aliphatic carbocycles. The Morgan fingerprint density at radius 2 is 1.38 bits per heavy atom. The molecule has 0 spiro atoms. The van der Waals surface area contributed by atoms with E-state index >= 15 is 0 Å². The number of allylic oxidation sites excluding steroid dienone is 1. The second-order valence-corrected chi connectivity index (χ2v) is 15.7. The van der Waals surface area contributed by atoms with Gasteiger partial charge in [0.1, 0.15) is 6.10 Å². The van der Waals surface area contributed by atoms with Gasteiger partial charge in [0.05, 0.1) is 5.41 Å². The van der Waals surface area contributed by atoms with Gasteiger partial charge in [-0.15, -0.1) is 0 Å². The van der Waals surface area contributed by atoms with E-state index in [9.17, 15) is 14.7 Å². The molecule has 0 heterocycles. The summed E-state index contributed by atoms with van der Waals surface area (Å²) in [6.45, 7) is 22.9. The van der Waals surface area contributed by atoms with Gasteiger partial charge in [0.2, 0.25) is 0 Å². The predicted octanol–water partition coefficient (Wildman–Crippen LogP) is 8.05. The van der Waals surface area contributed by atoms with Crippen LogP contribution < -0.4 is 0 Å². The predicted molar refractivity (Wildman–Crippen MR) is 147 cm³/mol. The van der Waals surface area contributed by atoms with Crippen LogP contribution in [0.25, 0.3) is 0 Å². The van der Waals surface area contributed by atoms with Crippen molar-refractivity contribution in [2.45, 2.75) is 126 Å². The van der Waals surface area contributed by atoms with Gasteiger partial charge in [0.15, 0.2) is 0 Å². The van der Waals surface area contributed by atoms with E-state index in [-0.39, 0.29) is 39.1 Å². The van der Waals surface area contributed by atoms with E-state index in [4.69, 9.17) is 4.74 Å². The second-order valence-electron chi connectivity index (χ2n) is 15.7. The molecule has 0 aromatic rings. The number of esters is 1. The molecule has 37 heavy (non-hydrogen) atoms. The summed E-state index contributed by atoms with van der Waals surface area (Å²) in [6.07, 6.45) is 10.3. The summed E-state index contributed by atoms with van der Waals surface area (Å²) >= 11 is 0. The Balaban J connectivity index is 1.56. The third kappa shape index (κ3) is 3.14. The largest absolute Gasteiger partial charge is 0.481 e. The Bertz CT molecular complexity index is 1010. The van der Waals surface area contributed by atoms with Crippen molar-refractivity contribution in [1.29, 1.82) is 0 Å². The van der Waals surface area contributed by atoms with Crippen LogP contribution in [0.1, 0.15) is 120 Å². The van der Waals surface area contributed by atoms with Gasteiger partial charge in [-0.1, -0.05) is 53.7 Å². The van der Waals surface area contributed by atoms with Crippen LogP contribution in [0.4, 0.5) is 0 Å². The molecule has 0 radical (unpaired) electrons. The van der Waals surface area contributed by atoms with E-state index in [2.05, 4.69) is 55.0 Å². The lowest BCUT2D eigenvalue weighted by atomic mass is 9.30. The van der Waals surface area contributed by atoms with Gasteiger partial charge in [-0.05, 0) is 116 Å². The minimum atomic E-state index is -0.616. The van der Waals surface area contributed by atoms with Crippen molar-refractivity contribution in [2.75, 3.05) is 0 Å². The summed E-state index contributed by atoms with van der Waals surface area (Å²) in [5, 5.41) is 10.7. The number of aliphatic carboxylic acids is 1. The van der Waals surface area contributed by atoms with Crippen LogP contribution in [0.3, 0.4) is 0 Å². The maximum absolute atomic E-state index is 13.0. The molecule has 0 saturated heterocycles. The highest BCUT2D eigenvalue weighted by Gasteiger charge is 2.75. The standard InChI is InChI=1S/C33H52O4/c1-20(2)22-12-17-33(27(35)36)19-18-31(8)25(32(22,33)9)11-10-24-29(6)15-14-26(37-21(3)34)28(4,5)23(29)13-16-30(24,31)7/h22-26H,1,10-19H2,2-9H3,(H,35,36)/t22-,23-,24+,25-,26-,29-,30+,31+,32+,33+/m0/s1. The normalized spacial score (nSPS) is 52.2. The number of carboxylic acids is 1. The fourth-order valence-corrected chi connectivity index (χ4v) is 12.7. The Labute approximate surface area is 225 Å². The topological polar surface area (TPSA) is 63.6 Å². The first-order valence-electron chi connectivity index (χ1n) is 15.1. The Hall–Kier alpha value is -1.32. The molecular formula is C33H52O4. The van der Waals surface area contributed by atoms with Gasteiger partial charge in [-0.25, -0.2) is 0 Å². The number of carbonyl (C=O) groups excluding carboxylic acids is 1. The lowest BCUT2D eigenvalue weighted by Gasteiger charge is -2.74. The molecule has 5 aliphatic rings. The van der Waals surface area contributed by atoms with Crippen molar-refractivity contribution < 1.29 is 19.4 Å². The van der Waals surface area contributed by atoms with Crippen molar-refractivity contribution in [3.05, 3.63) is 12.2 Å². The monoisotopic (exact) mass is 512 g/mol. The zero-order valence-corrected chi connectivity index (χ0v) is 24.8. The molecular weight excluding hydrogens is 460 g/mol. The van der Waals surface area contributed by atoms with Crippen molar-refractivity contribution in [3.63, 3.8) is 0 Å². The molecule has 0 aromatic carbocycles. The molecule has 0 amide bonds. The molecule has 5 rings (SSSR count). The lowest BCUT2D eigenvalue weighted by molar-refractivity contribution is -0.265. The first-order chi connectivity index (χ1) is 17.0. The zero-order valence-electron chi connectivity index (χ0n) is 24.8. The van der Waals surface area contributed by atoms with E-state index in [0.29, 0.717) is 23.7 Å². The van der Waals surface area contributed by atoms with Gasteiger partial charge < -0.3 is 9.84 Å². The molecule has 5 fully saturated rings. The smallest absolute Gasteiger partial charge is 0.310 e. The van der Waals surface area contributed by atoms with Gasteiger partial charge in [-0.3, -0.25) is 9.59 Å². The maximum atomic E-state index is 13.0. The highest BCUT2D eigenvalue weighted by atomic mass is 16.5. The maximum Gasteiger partial charge on any atom is 0.310 e. The van der Waals surface area contributed by atoms with Crippen LogP contribution in [0.5, 0.6) is 0 Å². The number of fused-ring (bicyclic) bond motifs is 7. The first kappa shape index (κ1) is 27.3. The average Bonchev–Trinajstić information content (AvgIpc) is 3.10. The number of hydrogen-bond donors (Lipinski definition) is 1. The van der Waals surface area contributed by atoms with Crippen molar-refractivity contribution in [1.82, 2.24) is 0 Å². The van der Waals surface area contributed by atoms with E-state index in [1.54, 1.807) is 6.92 Å². The molecule has 0 unspecified atom stereocenters. The van der Waals surface area contributed by atoms with E-state index in [1.165, 1.54) is 24.8 Å². The SMILES string of the molecule is C=C(C)[C@@H]1CC[C@]2(C(=O)O)CC[C@]3(C)[C@H](CC[C@@H]4[C@@]5(C)CC[C@H](OC(C)=O)C(C)(C)[C@@H]5CC[C@]43C)[C@@]12C. The first-order valence-corrected chi connectivity index (χ1v) is 15.1. The van der Waals surface area contributed by atoms with E-state index in [0.717, 1.165) is 44.9 Å². The molecule has 208 valence electrons. The number of carboxylic acid groups (broad SMARTS) is 1. The summed E-state index contributed by atoms with van der Waals surface area (Å²) in [7, 11) is 0. The van der Waals surface area contributed by atoms with Crippen LogP contribution >= 0.6 is 0 Å². The molecule has 0 bridgehead atoms. The minimum Gasteiger partial charge on any atom is -0.481 e. The van der Waals surface area contributed by atoms with Crippen LogP contribution in [0, 0.1) is 56.2 Å². The molecule has 1 N–H and O–H groups in total. The van der Waals surface area contributed by atoms with E-state index < -0.39 is 11.4 Å². The number of carbonyl (C=O) groups is 2. The third-order valence-corrected chi connectivity index (χ3v) is 14.5. The summed E-state index contributed by atoms with van der Waals surface area (Å²) in [4.78, 5) is 24.9. The minimum absolute atomic E-state index is 0.000977. The van der Waals surface area contributed by atoms with E-state index in [1.807, 2.05) is 0 Å². The Kier molecular flexibility index (Phi) is 5.97.